The molecule has 1 aromatic carbocycles. The lowest BCUT2D eigenvalue weighted by atomic mass is 10.3. The zero-order valence-electron chi connectivity index (χ0n) is 9.16. The van der Waals surface area contributed by atoms with Crippen LogP contribution in [0.3, 0.4) is 0 Å². The molecule has 0 aliphatic heterocycles. The van der Waals surface area contributed by atoms with E-state index >= 15 is 0 Å². The van der Waals surface area contributed by atoms with Gasteiger partial charge in [-0.15, -0.1) is 0 Å². The first kappa shape index (κ1) is 13.3. The fourth-order valence-electron chi connectivity index (χ4n) is 1.25. The van der Waals surface area contributed by atoms with Gasteiger partial charge in [0.15, 0.2) is 6.33 Å². The Morgan fingerprint density at radius 2 is 1.68 bits per heavy atom. The van der Waals surface area contributed by atoms with Gasteiger partial charge in [0.1, 0.15) is 5.75 Å². The molecule has 1 heterocycles. The lowest BCUT2D eigenvalue weighted by Crippen LogP contribution is -2.41. The highest BCUT2D eigenvalue weighted by molar-refractivity contribution is 5.37. The topological polar surface area (TPSA) is 27.1 Å². The molecule has 1 aromatic heterocycles. The molecule has 2 aromatic rings. The monoisotopic (exact) mass is 277 g/mol. The summed E-state index contributed by atoms with van der Waals surface area (Å²) in [5, 5.41) is 0. The van der Waals surface area contributed by atoms with Crippen molar-refractivity contribution in [1.82, 2.24) is 9.55 Å². The molecule has 19 heavy (non-hydrogen) atoms. The van der Waals surface area contributed by atoms with Crippen LogP contribution < -0.4 is 4.74 Å². The smallest absolute Gasteiger partial charge is 0.426 e. The Morgan fingerprint density at radius 1 is 1.05 bits per heavy atom. The Hall–Kier alpha value is -2.12. The Balaban J connectivity index is 2.16. The Labute approximate surface area is 104 Å². The van der Waals surface area contributed by atoms with Gasteiger partial charge in [-0.1, -0.05) is 0 Å². The van der Waals surface area contributed by atoms with Gasteiger partial charge >= 0.3 is 12.3 Å². The van der Waals surface area contributed by atoms with Crippen molar-refractivity contribution in [3.8, 4) is 11.4 Å². The van der Waals surface area contributed by atoms with Crippen LogP contribution in [0.2, 0.25) is 0 Å². The molecule has 2 rings (SSSR count). The SMILES string of the molecule is FC(F)(F)C(F)(F)Oc1ccc(-n2[c]ncc2)cc1. The molecule has 0 N–H and O–H groups in total. The molecular formula is C11H6F5N2O. The van der Waals surface area contributed by atoms with Crippen LogP contribution in [0, 0.1) is 6.33 Å². The molecule has 0 aliphatic rings. The summed E-state index contributed by atoms with van der Waals surface area (Å²) in [7, 11) is 0. The van der Waals surface area contributed by atoms with E-state index in [1.54, 1.807) is 6.20 Å². The molecule has 3 nitrogen and oxygen atoms in total. The summed E-state index contributed by atoms with van der Waals surface area (Å²) in [6.07, 6.45) is -5.46. The van der Waals surface area contributed by atoms with Crippen LogP contribution in [0.15, 0.2) is 36.7 Å². The molecule has 0 aliphatic carbocycles. The maximum Gasteiger partial charge on any atom is 0.499 e. The predicted octanol–water partition coefficient (Wildman–Crippen LogP) is 3.21. The van der Waals surface area contributed by atoms with E-state index in [1.807, 2.05) is 0 Å². The fraction of sp³-hybridized carbons (Fsp3) is 0.182. The van der Waals surface area contributed by atoms with E-state index < -0.39 is 18.0 Å². The minimum atomic E-state index is -5.76. The van der Waals surface area contributed by atoms with E-state index in [0.29, 0.717) is 5.69 Å². The molecule has 0 amide bonds. The van der Waals surface area contributed by atoms with Crippen LogP contribution in [0.4, 0.5) is 22.0 Å². The largest absolute Gasteiger partial charge is 0.499 e. The lowest BCUT2D eigenvalue weighted by molar-refractivity contribution is -0.360. The average molecular weight is 277 g/mol. The maximum absolute atomic E-state index is 12.6. The first-order valence-corrected chi connectivity index (χ1v) is 4.95. The summed E-state index contributed by atoms with van der Waals surface area (Å²) in [5.41, 5.74) is 0.500. The number of aromatic nitrogens is 2. The fourth-order valence-corrected chi connectivity index (χ4v) is 1.25. The van der Waals surface area contributed by atoms with Crippen LogP contribution in [0.1, 0.15) is 0 Å². The van der Waals surface area contributed by atoms with Crippen molar-refractivity contribution in [2.75, 3.05) is 0 Å². The van der Waals surface area contributed by atoms with Gasteiger partial charge in [0.2, 0.25) is 0 Å². The first-order chi connectivity index (χ1) is 8.79. The van der Waals surface area contributed by atoms with E-state index in [9.17, 15) is 22.0 Å². The third-order valence-electron chi connectivity index (χ3n) is 2.15. The summed E-state index contributed by atoms with van der Waals surface area (Å²) in [6.45, 7) is 0. The second-order valence-electron chi connectivity index (χ2n) is 3.51. The molecular weight excluding hydrogens is 271 g/mol. The van der Waals surface area contributed by atoms with E-state index in [0.717, 1.165) is 12.1 Å². The van der Waals surface area contributed by atoms with E-state index in [-0.39, 0.29) is 0 Å². The Kier molecular flexibility index (Phi) is 3.17. The Bertz CT molecular complexity index is 533. The summed E-state index contributed by atoms with van der Waals surface area (Å²) >= 11 is 0. The van der Waals surface area contributed by atoms with Gasteiger partial charge in [-0.2, -0.15) is 22.0 Å². The normalized spacial score (nSPS) is 12.5. The maximum atomic E-state index is 12.6. The third kappa shape index (κ3) is 2.83. The van der Waals surface area contributed by atoms with E-state index in [4.69, 9.17) is 0 Å². The first-order valence-electron chi connectivity index (χ1n) is 4.95. The predicted molar refractivity (Wildman–Crippen MR) is 54.0 cm³/mol. The van der Waals surface area contributed by atoms with Crippen molar-refractivity contribution in [3.05, 3.63) is 43.0 Å². The van der Waals surface area contributed by atoms with E-state index in [2.05, 4.69) is 16.0 Å². The minimum Gasteiger partial charge on any atom is -0.426 e. The second-order valence-corrected chi connectivity index (χ2v) is 3.51. The van der Waals surface area contributed by atoms with Crippen LogP contribution >= 0.6 is 0 Å². The number of rotatable bonds is 3. The van der Waals surface area contributed by atoms with Crippen molar-refractivity contribution in [1.29, 1.82) is 0 Å². The third-order valence-corrected chi connectivity index (χ3v) is 2.15. The highest BCUT2D eigenvalue weighted by atomic mass is 19.4. The van der Waals surface area contributed by atoms with Gasteiger partial charge in [0, 0.05) is 18.1 Å². The average Bonchev–Trinajstić information content (AvgIpc) is 2.81. The zero-order chi connectivity index (χ0) is 14.1. The summed E-state index contributed by atoms with van der Waals surface area (Å²) < 4.78 is 66.1. The molecule has 0 saturated heterocycles. The number of hydrogen-bond acceptors (Lipinski definition) is 2. The molecule has 8 heteroatoms. The molecule has 0 unspecified atom stereocenters. The molecule has 0 atom stereocenters. The number of ether oxygens (including phenoxy) is 1. The number of hydrogen-bond donors (Lipinski definition) is 0. The number of halogens is 5. The van der Waals surface area contributed by atoms with Gasteiger partial charge in [-0.05, 0) is 24.3 Å². The van der Waals surface area contributed by atoms with Crippen LogP contribution in [0.25, 0.3) is 5.69 Å². The van der Waals surface area contributed by atoms with Crippen molar-refractivity contribution in [2.45, 2.75) is 12.3 Å². The number of alkyl halides is 5. The molecule has 0 saturated carbocycles. The molecule has 0 spiro atoms. The Morgan fingerprint density at radius 3 is 2.16 bits per heavy atom. The number of nitrogens with zero attached hydrogens (tertiary/aromatic N) is 2. The van der Waals surface area contributed by atoms with Crippen molar-refractivity contribution in [2.24, 2.45) is 0 Å². The van der Waals surface area contributed by atoms with Gasteiger partial charge in [0.05, 0.1) is 0 Å². The van der Waals surface area contributed by atoms with Gasteiger partial charge in [0.25, 0.3) is 0 Å². The van der Waals surface area contributed by atoms with E-state index in [1.165, 1.54) is 22.9 Å². The summed E-state index contributed by atoms with van der Waals surface area (Å²) in [5.74, 6) is -0.591. The molecule has 1 radical (unpaired) electrons. The minimum absolute atomic E-state index is 0.500. The van der Waals surface area contributed by atoms with Crippen molar-refractivity contribution < 1.29 is 26.7 Å². The summed E-state index contributed by atoms with van der Waals surface area (Å²) in [6, 6.07) is 4.62. The zero-order valence-corrected chi connectivity index (χ0v) is 9.16. The lowest BCUT2D eigenvalue weighted by Gasteiger charge is -2.20. The van der Waals surface area contributed by atoms with Gasteiger partial charge in [-0.25, -0.2) is 4.98 Å². The van der Waals surface area contributed by atoms with Crippen molar-refractivity contribution >= 4 is 0 Å². The van der Waals surface area contributed by atoms with Crippen LogP contribution in [0.5, 0.6) is 5.75 Å². The number of imidazole rings is 1. The molecule has 0 fully saturated rings. The summed E-state index contributed by atoms with van der Waals surface area (Å²) in [4.78, 5) is 3.65. The van der Waals surface area contributed by atoms with Gasteiger partial charge < -0.3 is 4.74 Å². The highest BCUT2D eigenvalue weighted by Crippen LogP contribution is 2.37. The highest BCUT2D eigenvalue weighted by Gasteiger charge is 2.61. The van der Waals surface area contributed by atoms with Crippen LogP contribution in [-0.4, -0.2) is 21.8 Å². The van der Waals surface area contributed by atoms with Crippen molar-refractivity contribution in [3.63, 3.8) is 0 Å². The number of benzene rings is 1. The molecule has 101 valence electrons. The second kappa shape index (κ2) is 4.52. The quantitative estimate of drug-likeness (QED) is 0.805. The van der Waals surface area contributed by atoms with Crippen LogP contribution in [-0.2, 0) is 0 Å². The molecule has 0 bridgehead atoms. The standard InChI is InChI=1S/C11H6F5N2O/c12-10(13,14)11(15,16)19-9-3-1-8(2-4-9)18-6-5-17-7-18/h1-6H. The van der Waals surface area contributed by atoms with Gasteiger partial charge in [-0.3, -0.25) is 4.57 Å².